The molecule has 2 nitrogen and oxygen atoms in total. The number of allylic oxidation sites excluding steroid dienone is 1. The molecule has 0 spiro atoms. The SMILES string of the molecule is C=C(CC)CC(=O)CNC. The second kappa shape index (κ2) is 5.18. The van der Waals surface area contributed by atoms with Crippen LogP contribution < -0.4 is 5.32 Å². The molecule has 0 aromatic carbocycles. The van der Waals surface area contributed by atoms with Crippen molar-refractivity contribution in [1.82, 2.24) is 5.32 Å². The van der Waals surface area contributed by atoms with E-state index in [1.54, 1.807) is 7.05 Å². The van der Waals surface area contributed by atoms with Crippen molar-refractivity contribution in [1.29, 1.82) is 0 Å². The van der Waals surface area contributed by atoms with E-state index >= 15 is 0 Å². The Kier molecular flexibility index (Phi) is 4.85. The monoisotopic (exact) mass is 141 g/mol. The van der Waals surface area contributed by atoms with Gasteiger partial charge in [0.2, 0.25) is 0 Å². The van der Waals surface area contributed by atoms with Gasteiger partial charge in [-0.1, -0.05) is 19.1 Å². The van der Waals surface area contributed by atoms with E-state index in [2.05, 4.69) is 11.9 Å². The number of hydrogen-bond acceptors (Lipinski definition) is 2. The summed E-state index contributed by atoms with van der Waals surface area (Å²) < 4.78 is 0. The molecule has 0 unspecified atom stereocenters. The van der Waals surface area contributed by atoms with Gasteiger partial charge in [0.15, 0.2) is 5.78 Å². The smallest absolute Gasteiger partial charge is 0.150 e. The van der Waals surface area contributed by atoms with Crippen molar-refractivity contribution in [2.45, 2.75) is 19.8 Å². The Morgan fingerprint density at radius 1 is 1.60 bits per heavy atom. The van der Waals surface area contributed by atoms with Crippen molar-refractivity contribution in [3.8, 4) is 0 Å². The van der Waals surface area contributed by atoms with Gasteiger partial charge < -0.3 is 5.32 Å². The first-order valence-electron chi connectivity index (χ1n) is 3.53. The van der Waals surface area contributed by atoms with Gasteiger partial charge in [-0.25, -0.2) is 0 Å². The van der Waals surface area contributed by atoms with Crippen LogP contribution in [0.1, 0.15) is 19.8 Å². The molecule has 58 valence electrons. The van der Waals surface area contributed by atoms with E-state index in [9.17, 15) is 4.79 Å². The molecule has 0 bridgehead atoms. The fourth-order valence-electron chi connectivity index (χ4n) is 0.664. The summed E-state index contributed by atoms with van der Waals surface area (Å²) in [4.78, 5) is 10.9. The molecule has 0 saturated carbocycles. The molecule has 1 N–H and O–H groups in total. The summed E-state index contributed by atoms with van der Waals surface area (Å²) in [5, 5.41) is 2.81. The molecular weight excluding hydrogens is 126 g/mol. The number of carbonyl (C=O) groups is 1. The van der Waals surface area contributed by atoms with E-state index in [4.69, 9.17) is 0 Å². The van der Waals surface area contributed by atoms with Crippen molar-refractivity contribution in [3.63, 3.8) is 0 Å². The zero-order chi connectivity index (χ0) is 7.98. The van der Waals surface area contributed by atoms with Crippen molar-refractivity contribution in [3.05, 3.63) is 12.2 Å². The maximum absolute atomic E-state index is 10.9. The van der Waals surface area contributed by atoms with Crippen LogP contribution in [0.3, 0.4) is 0 Å². The Balaban J connectivity index is 3.47. The average molecular weight is 141 g/mol. The molecular formula is C8H15NO. The highest BCUT2D eigenvalue weighted by atomic mass is 16.1. The summed E-state index contributed by atoms with van der Waals surface area (Å²) in [5.74, 6) is 0.217. The highest BCUT2D eigenvalue weighted by Gasteiger charge is 2.00. The van der Waals surface area contributed by atoms with Crippen LogP contribution in [0.25, 0.3) is 0 Å². The van der Waals surface area contributed by atoms with Crippen LogP contribution in [-0.2, 0) is 4.79 Å². The van der Waals surface area contributed by atoms with Gasteiger partial charge in [0, 0.05) is 6.42 Å². The van der Waals surface area contributed by atoms with E-state index in [1.165, 1.54) is 0 Å². The van der Waals surface area contributed by atoms with Crippen molar-refractivity contribution in [2.75, 3.05) is 13.6 Å². The van der Waals surface area contributed by atoms with Gasteiger partial charge in [0.1, 0.15) is 0 Å². The second-order valence-corrected chi connectivity index (χ2v) is 2.35. The minimum atomic E-state index is 0.217. The molecule has 0 rings (SSSR count). The Morgan fingerprint density at radius 3 is 2.60 bits per heavy atom. The number of nitrogens with one attached hydrogen (secondary N) is 1. The predicted octanol–water partition coefficient (Wildman–Crippen LogP) is 1.13. The average Bonchev–Trinajstić information content (AvgIpc) is 1.88. The van der Waals surface area contributed by atoms with Crippen LogP contribution >= 0.6 is 0 Å². The van der Waals surface area contributed by atoms with Gasteiger partial charge in [-0.2, -0.15) is 0 Å². The molecule has 0 saturated heterocycles. The quantitative estimate of drug-likeness (QED) is 0.581. The summed E-state index contributed by atoms with van der Waals surface area (Å²) in [6.07, 6.45) is 1.42. The lowest BCUT2D eigenvalue weighted by Gasteiger charge is -1.99. The highest BCUT2D eigenvalue weighted by molar-refractivity contribution is 5.82. The maximum Gasteiger partial charge on any atom is 0.150 e. The van der Waals surface area contributed by atoms with E-state index in [0.29, 0.717) is 13.0 Å². The first kappa shape index (κ1) is 9.37. The van der Waals surface area contributed by atoms with Crippen molar-refractivity contribution in [2.24, 2.45) is 0 Å². The Hall–Kier alpha value is -0.630. The van der Waals surface area contributed by atoms with Crippen molar-refractivity contribution < 1.29 is 4.79 Å². The van der Waals surface area contributed by atoms with Crippen LogP contribution in [0, 0.1) is 0 Å². The topological polar surface area (TPSA) is 29.1 Å². The van der Waals surface area contributed by atoms with Crippen LogP contribution in [0.4, 0.5) is 0 Å². The lowest BCUT2D eigenvalue weighted by Crippen LogP contribution is -2.18. The molecule has 0 heterocycles. The predicted molar refractivity (Wildman–Crippen MR) is 43.0 cm³/mol. The Labute approximate surface area is 62.3 Å². The Morgan fingerprint density at radius 2 is 2.20 bits per heavy atom. The molecule has 0 amide bonds. The van der Waals surface area contributed by atoms with Gasteiger partial charge in [-0.05, 0) is 13.5 Å². The molecule has 2 heteroatoms. The number of Topliss-reactive ketones (excluding diaryl/α,β-unsaturated/α-hetero) is 1. The van der Waals surface area contributed by atoms with Crippen molar-refractivity contribution >= 4 is 5.78 Å². The number of hydrogen-bond donors (Lipinski definition) is 1. The molecule has 0 aromatic rings. The van der Waals surface area contributed by atoms with E-state index in [-0.39, 0.29) is 5.78 Å². The minimum Gasteiger partial charge on any atom is -0.313 e. The zero-order valence-corrected chi connectivity index (χ0v) is 6.74. The fourth-order valence-corrected chi connectivity index (χ4v) is 0.664. The van der Waals surface area contributed by atoms with Gasteiger partial charge in [0.05, 0.1) is 6.54 Å². The Bertz CT molecular complexity index is 129. The third kappa shape index (κ3) is 4.27. The van der Waals surface area contributed by atoms with Gasteiger partial charge in [0.25, 0.3) is 0 Å². The summed E-state index contributed by atoms with van der Waals surface area (Å²) in [6.45, 7) is 6.21. The highest BCUT2D eigenvalue weighted by Crippen LogP contribution is 2.01. The number of ketones is 1. The number of rotatable bonds is 5. The number of carbonyl (C=O) groups excluding carboxylic acids is 1. The van der Waals surface area contributed by atoms with Crippen LogP contribution in [0.5, 0.6) is 0 Å². The molecule has 0 aliphatic carbocycles. The lowest BCUT2D eigenvalue weighted by molar-refractivity contribution is -0.117. The van der Waals surface area contributed by atoms with Gasteiger partial charge in [-0.3, -0.25) is 4.79 Å². The van der Waals surface area contributed by atoms with E-state index < -0.39 is 0 Å². The van der Waals surface area contributed by atoms with E-state index in [0.717, 1.165) is 12.0 Å². The molecule has 0 aliphatic rings. The maximum atomic E-state index is 10.9. The standard InChI is InChI=1S/C8H15NO/c1-4-7(2)5-8(10)6-9-3/h9H,2,4-6H2,1,3H3. The van der Waals surface area contributed by atoms with Gasteiger partial charge in [-0.15, -0.1) is 0 Å². The first-order chi connectivity index (χ1) is 4.70. The zero-order valence-electron chi connectivity index (χ0n) is 6.74. The summed E-state index contributed by atoms with van der Waals surface area (Å²) in [6, 6.07) is 0. The van der Waals surface area contributed by atoms with Crippen LogP contribution in [0.2, 0.25) is 0 Å². The largest absolute Gasteiger partial charge is 0.313 e. The first-order valence-corrected chi connectivity index (χ1v) is 3.53. The third-order valence-corrected chi connectivity index (χ3v) is 1.32. The fraction of sp³-hybridized carbons (Fsp3) is 0.625. The van der Waals surface area contributed by atoms with E-state index in [1.807, 2.05) is 6.92 Å². The third-order valence-electron chi connectivity index (χ3n) is 1.32. The molecule has 0 atom stereocenters. The van der Waals surface area contributed by atoms with Crippen LogP contribution in [-0.4, -0.2) is 19.4 Å². The minimum absolute atomic E-state index is 0.217. The summed E-state index contributed by atoms with van der Waals surface area (Å²) in [5.41, 5.74) is 1.01. The molecule has 0 aromatic heterocycles. The molecule has 10 heavy (non-hydrogen) atoms. The molecule has 0 aliphatic heterocycles. The van der Waals surface area contributed by atoms with Gasteiger partial charge >= 0.3 is 0 Å². The lowest BCUT2D eigenvalue weighted by atomic mass is 10.1. The summed E-state index contributed by atoms with van der Waals surface area (Å²) in [7, 11) is 1.77. The normalized spacial score (nSPS) is 9.40. The molecule has 0 fully saturated rings. The molecule has 0 radical (unpaired) electrons. The number of likely N-dealkylation sites (N-methyl/N-ethyl adjacent to an activating group) is 1. The van der Waals surface area contributed by atoms with Crippen LogP contribution in [0.15, 0.2) is 12.2 Å². The summed E-state index contributed by atoms with van der Waals surface area (Å²) >= 11 is 0. The second-order valence-electron chi connectivity index (χ2n) is 2.35.